The van der Waals surface area contributed by atoms with Crippen LogP contribution in [0.15, 0.2) is 27.4 Å². The Morgan fingerprint density at radius 3 is 2.67 bits per heavy atom. The van der Waals surface area contributed by atoms with Gasteiger partial charge in [0.15, 0.2) is 0 Å². The highest BCUT2D eigenvalue weighted by molar-refractivity contribution is 5.85. The van der Waals surface area contributed by atoms with E-state index in [9.17, 15) is 9.59 Å². The van der Waals surface area contributed by atoms with Crippen LogP contribution in [0.3, 0.4) is 0 Å². The second-order valence-electron chi connectivity index (χ2n) is 6.92. The van der Waals surface area contributed by atoms with Crippen LogP contribution < -0.4 is 16.1 Å². The van der Waals surface area contributed by atoms with E-state index in [0.29, 0.717) is 42.2 Å². The summed E-state index contributed by atoms with van der Waals surface area (Å²) in [6.07, 6.45) is 2.63. The molecule has 7 heteroatoms. The molecule has 0 saturated carbocycles. The second kappa shape index (κ2) is 9.24. The van der Waals surface area contributed by atoms with Crippen LogP contribution in [0.5, 0.6) is 5.75 Å². The molecule has 0 unspecified atom stereocenters. The van der Waals surface area contributed by atoms with Crippen molar-refractivity contribution in [3.8, 4) is 5.75 Å². The van der Waals surface area contributed by atoms with Crippen LogP contribution in [0.2, 0.25) is 0 Å². The van der Waals surface area contributed by atoms with Gasteiger partial charge in [0.25, 0.3) is 0 Å². The Morgan fingerprint density at radius 2 is 2.04 bits per heavy atom. The topological polar surface area (TPSA) is 85.8 Å². The zero-order valence-electron chi connectivity index (χ0n) is 15.8. The molecule has 0 aliphatic carbocycles. The number of fused-ring (bicyclic) bond motifs is 1. The summed E-state index contributed by atoms with van der Waals surface area (Å²) in [7, 11) is 1.57. The van der Waals surface area contributed by atoms with Crippen LogP contribution in [-0.4, -0.2) is 37.6 Å². The summed E-state index contributed by atoms with van der Waals surface area (Å²) in [6.45, 7) is 4.10. The lowest BCUT2D eigenvalue weighted by Crippen LogP contribution is -2.40. The fraction of sp³-hybridized carbons (Fsp3) is 0.500. The number of likely N-dealkylation sites (tertiary alicyclic amines) is 1. The number of halogens is 1. The molecule has 0 atom stereocenters. The van der Waals surface area contributed by atoms with E-state index < -0.39 is 0 Å². The molecule has 2 aromatic rings. The fourth-order valence-corrected chi connectivity index (χ4v) is 3.60. The monoisotopic (exact) mass is 394 g/mol. The Hall–Kier alpha value is -2.05. The molecule has 0 bridgehead atoms. The first-order chi connectivity index (χ1) is 12.5. The maximum atomic E-state index is 12.5. The number of hydrogen-bond acceptors (Lipinski definition) is 5. The normalized spacial score (nSPS) is 14.9. The van der Waals surface area contributed by atoms with Crippen LogP contribution in [0.4, 0.5) is 0 Å². The van der Waals surface area contributed by atoms with Gasteiger partial charge < -0.3 is 19.8 Å². The van der Waals surface area contributed by atoms with Gasteiger partial charge in [-0.3, -0.25) is 4.79 Å². The summed E-state index contributed by atoms with van der Waals surface area (Å²) >= 11 is 0. The SMILES string of the molecule is COc1ccc2c(C)c(CCC(=O)N3CCC(CN)CC3)c(=O)oc2c1.Cl. The summed E-state index contributed by atoms with van der Waals surface area (Å²) in [5, 5.41) is 0.872. The lowest BCUT2D eigenvalue weighted by molar-refractivity contribution is -0.132. The quantitative estimate of drug-likeness (QED) is 0.788. The van der Waals surface area contributed by atoms with Crippen molar-refractivity contribution < 1.29 is 13.9 Å². The minimum atomic E-state index is -0.377. The number of carbonyl (C=O) groups is 1. The minimum Gasteiger partial charge on any atom is -0.497 e. The predicted molar refractivity (Wildman–Crippen MR) is 108 cm³/mol. The third-order valence-electron chi connectivity index (χ3n) is 5.38. The summed E-state index contributed by atoms with van der Waals surface area (Å²) in [5.74, 6) is 1.25. The zero-order valence-corrected chi connectivity index (χ0v) is 16.6. The van der Waals surface area contributed by atoms with Gasteiger partial charge in [0, 0.05) is 36.5 Å². The van der Waals surface area contributed by atoms with Crippen molar-refractivity contribution in [2.24, 2.45) is 11.7 Å². The van der Waals surface area contributed by atoms with E-state index in [1.807, 2.05) is 24.0 Å². The minimum absolute atomic E-state index is 0. The first-order valence-electron chi connectivity index (χ1n) is 9.11. The Labute approximate surface area is 165 Å². The van der Waals surface area contributed by atoms with Crippen LogP contribution in [0.1, 0.15) is 30.4 Å². The molecule has 1 fully saturated rings. The summed E-state index contributed by atoms with van der Waals surface area (Å²) in [4.78, 5) is 26.7. The van der Waals surface area contributed by atoms with Gasteiger partial charge in [0.1, 0.15) is 11.3 Å². The highest BCUT2D eigenvalue weighted by Gasteiger charge is 2.22. The number of methoxy groups -OCH3 is 1. The van der Waals surface area contributed by atoms with Gasteiger partial charge in [0.2, 0.25) is 5.91 Å². The molecule has 1 aromatic carbocycles. The molecule has 1 aliphatic heterocycles. The number of ether oxygens (including phenoxy) is 1. The summed E-state index contributed by atoms with van der Waals surface area (Å²) in [6, 6.07) is 5.43. The number of hydrogen-bond donors (Lipinski definition) is 1. The van der Waals surface area contributed by atoms with E-state index >= 15 is 0 Å². The molecule has 1 saturated heterocycles. The van der Waals surface area contributed by atoms with E-state index in [-0.39, 0.29) is 23.9 Å². The number of benzene rings is 1. The van der Waals surface area contributed by atoms with E-state index in [1.165, 1.54) is 0 Å². The van der Waals surface area contributed by atoms with Crippen molar-refractivity contribution in [2.45, 2.75) is 32.6 Å². The molecular formula is C20H27ClN2O4. The van der Waals surface area contributed by atoms with Crippen molar-refractivity contribution >= 4 is 29.3 Å². The third kappa shape index (κ3) is 4.62. The van der Waals surface area contributed by atoms with Crippen molar-refractivity contribution in [2.75, 3.05) is 26.7 Å². The van der Waals surface area contributed by atoms with Gasteiger partial charge in [-0.2, -0.15) is 0 Å². The van der Waals surface area contributed by atoms with Crippen LogP contribution in [0, 0.1) is 12.8 Å². The van der Waals surface area contributed by atoms with Crippen molar-refractivity contribution in [1.82, 2.24) is 4.90 Å². The van der Waals surface area contributed by atoms with Gasteiger partial charge in [-0.15, -0.1) is 12.4 Å². The molecule has 0 spiro atoms. The molecule has 2 heterocycles. The highest BCUT2D eigenvalue weighted by Crippen LogP contribution is 2.25. The number of aryl methyl sites for hydroxylation is 1. The Balaban J connectivity index is 0.00000261. The van der Waals surface area contributed by atoms with E-state index in [4.69, 9.17) is 14.9 Å². The number of nitrogens with zero attached hydrogens (tertiary/aromatic N) is 1. The Kier molecular flexibility index (Phi) is 7.27. The van der Waals surface area contributed by atoms with E-state index in [2.05, 4.69) is 0 Å². The first kappa shape index (κ1) is 21.3. The van der Waals surface area contributed by atoms with Crippen molar-refractivity contribution in [3.05, 3.63) is 39.7 Å². The number of amides is 1. The number of rotatable bonds is 5. The largest absolute Gasteiger partial charge is 0.497 e. The molecule has 27 heavy (non-hydrogen) atoms. The second-order valence-corrected chi connectivity index (χ2v) is 6.92. The summed E-state index contributed by atoms with van der Waals surface area (Å²) in [5.41, 5.74) is 7.27. The molecule has 3 rings (SSSR count). The summed E-state index contributed by atoms with van der Waals surface area (Å²) < 4.78 is 10.6. The average Bonchev–Trinajstić information content (AvgIpc) is 2.67. The van der Waals surface area contributed by atoms with Crippen molar-refractivity contribution in [3.63, 3.8) is 0 Å². The number of nitrogens with two attached hydrogens (primary N) is 1. The van der Waals surface area contributed by atoms with Gasteiger partial charge in [-0.25, -0.2) is 4.79 Å². The molecule has 1 aromatic heterocycles. The predicted octanol–water partition coefficient (Wildman–Crippen LogP) is 2.66. The Morgan fingerprint density at radius 1 is 1.33 bits per heavy atom. The van der Waals surface area contributed by atoms with Crippen LogP contribution >= 0.6 is 12.4 Å². The smallest absolute Gasteiger partial charge is 0.339 e. The van der Waals surface area contributed by atoms with Gasteiger partial charge in [-0.05, 0) is 56.3 Å². The van der Waals surface area contributed by atoms with Gasteiger partial charge in [0.05, 0.1) is 7.11 Å². The molecule has 0 radical (unpaired) electrons. The van der Waals surface area contributed by atoms with E-state index in [0.717, 1.165) is 36.9 Å². The maximum absolute atomic E-state index is 12.5. The fourth-order valence-electron chi connectivity index (χ4n) is 3.60. The lowest BCUT2D eigenvalue weighted by Gasteiger charge is -2.31. The maximum Gasteiger partial charge on any atom is 0.339 e. The molecule has 6 nitrogen and oxygen atoms in total. The molecule has 1 aliphatic rings. The van der Waals surface area contributed by atoms with Crippen molar-refractivity contribution in [1.29, 1.82) is 0 Å². The van der Waals surface area contributed by atoms with Gasteiger partial charge >= 0.3 is 5.63 Å². The number of piperidine rings is 1. The third-order valence-corrected chi connectivity index (χ3v) is 5.38. The first-order valence-corrected chi connectivity index (χ1v) is 9.11. The molecule has 1 amide bonds. The Bertz CT molecular complexity index is 857. The molecule has 2 N–H and O–H groups in total. The number of carbonyl (C=O) groups excluding carboxylic acids is 1. The average molecular weight is 395 g/mol. The van der Waals surface area contributed by atoms with E-state index in [1.54, 1.807) is 13.2 Å². The van der Waals surface area contributed by atoms with Crippen LogP contribution in [0.25, 0.3) is 11.0 Å². The van der Waals surface area contributed by atoms with Crippen LogP contribution in [-0.2, 0) is 11.2 Å². The van der Waals surface area contributed by atoms with Gasteiger partial charge in [-0.1, -0.05) is 0 Å². The lowest BCUT2D eigenvalue weighted by atomic mass is 9.96. The molecule has 148 valence electrons. The molecular weight excluding hydrogens is 368 g/mol. The highest BCUT2D eigenvalue weighted by atomic mass is 35.5. The standard InChI is InChI=1S/C20H26N2O4.ClH/c1-13-16-4-3-15(25-2)11-18(16)26-20(24)17(13)5-6-19(23)22-9-7-14(12-21)8-10-22;/h3-4,11,14H,5-10,12,21H2,1-2H3;1H. The zero-order chi connectivity index (χ0) is 18.7.